The standard InChI is InChI=1S/C19H30N2O3S/c1-19(2,3)18(22)20-12-8-13-21(15-14-20)25(23,24)16-7-11-17-9-5-4-6-10-17/h4-6,9-10H,7-8,11-16H2,1-3H3. The maximum absolute atomic E-state index is 12.6. The summed E-state index contributed by atoms with van der Waals surface area (Å²) in [4.78, 5) is 14.2. The molecule has 2 rings (SSSR count). The van der Waals surface area contributed by atoms with Gasteiger partial charge in [-0.2, -0.15) is 0 Å². The minimum Gasteiger partial charge on any atom is -0.341 e. The average Bonchev–Trinajstić information content (AvgIpc) is 2.80. The molecule has 0 saturated carbocycles. The number of hydrogen-bond acceptors (Lipinski definition) is 3. The van der Waals surface area contributed by atoms with Crippen molar-refractivity contribution in [3.05, 3.63) is 35.9 Å². The van der Waals surface area contributed by atoms with Crippen LogP contribution >= 0.6 is 0 Å². The number of carbonyl (C=O) groups excluding carboxylic acids is 1. The molecule has 0 N–H and O–H groups in total. The number of sulfonamides is 1. The lowest BCUT2D eigenvalue weighted by molar-refractivity contribution is -0.139. The Morgan fingerprint density at radius 2 is 1.72 bits per heavy atom. The Bertz CT molecular complexity index is 666. The van der Waals surface area contributed by atoms with Crippen molar-refractivity contribution in [2.75, 3.05) is 31.9 Å². The molecule has 25 heavy (non-hydrogen) atoms. The number of nitrogens with zero attached hydrogens (tertiary/aromatic N) is 2. The van der Waals surface area contributed by atoms with Gasteiger partial charge in [0.1, 0.15) is 0 Å². The summed E-state index contributed by atoms with van der Waals surface area (Å²) >= 11 is 0. The van der Waals surface area contributed by atoms with Crippen LogP contribution in [0.4, 0.5) is 0 Å². The summed E-state index contributed by atoms with van der Waals surface area (Å²) in [6.45, 7) is 7.71. The van der Waals surface area contributed by atoms with Gasteiger partial charge in [0.25, 0.3) is 0 Å². The van der Waals surface area contributed by atoms with Gasteiger partial charge in [-0.15, -0.1) is 0 Å². The number of hydrogen-bond donors (Lipinski definition) is 0. The Hall–Kier alpha value is -1.40. The van der Waals surface area contributed by atoms with Crippen LogP contribution in [0.1, 0.15) is 39.2 Å². The van der Waals surface area contributed by atoms with Crippen LogP contribution in [0, 0.1) is 5.41 Å². The second kappa shape index (κ2) is 8.32. The van der Waals surface area contributed by atoms with E-state index in [1.807, 2.05) is 51.1 Å². The molecule has 6 heteroatoms. The summed E-state index contributed by atoms with van der Waals surface area (Å²) in [5.41, 5.74) is 0.736. The van der Waals surface area contributed by atoms with Crippen LogP contribution in [0.3, 0.4) is 0 Å². The molecule has 0 radical (unpaired) electrons. The van der Waals surface area contributed by atoms with E-state index in [-0.39, 0.29) is 11.7 Å². The van der Waals surface area contributed by atoms with Crippen molar-refractivity contribution in [3.8, 4) is 0 Å². The van der Waals surface area contributed by atoms with E-state index in [9.17, 15) is 13.2 Å². The molecule has 1 aromatic rings. The summed E-state index contributed by atoms with van der Waals surface area (Å²) in [5.74, 6) is 0.255. The fourth-order valence-corrected chi connectivity index (χ4v) is 4.62. The van der Waals surface area contributed by atoms with Crippen LogP contribution < -0.4 is 0 Å². The molecule has 1 fully saturated rings. The molecular formula is C19H30N2O3S. The zero-order valence-corrected chi connectivity index (χ0v) is 16.4. The van der Waals surface area contributed by atoms with Crippen LogP contribution in [-0.2, 0) is 21.2 Å². The molecule has 1 saturated heterocycles. The highest BCUT2D eigenvalue weighted by Gasteiger charge is 2.31. The largest absolute Gasteiger partial charge is 0.341 e. The third kappa shape index (κ3) is 5.82. The van der Waals surface area contributed by atoms with Gasteiger partial charge in [-0.3, -0.25) is 4.79 Å². The maximum atomic E-state index is 12.6. The molecular weight excluding hydrogens is 336 g/mol. The second-order valence-corrected chi connectivity index (χ2v) is 9.79. The topological polar surface area (TPSA) is 57.7 Å². The van der Waals surface area contributed by atoms with Crippen molar-refractivity contribution in [3.63, 3.8) is 0 Å². The fraction of sp³-hybridized carbons (Fsp3) is 0.632. The number of rotatable bonds is 5. The van der Waals surface area contributed by atoms with Gasteiger partial charge in [-0.1, -0.05) is 51.1 Å². The normalized spacial score (nSPS) is 17.3. The number of carbonyl (C=O) groups is 1. The Morgan fingerprint density at radius 3 is 2.36 bits per heavy atom. The zero-order valence-electron chi connectivity index (χ0n) is 15.6. The molecule has 0 aromatic heterocycles. The van der Waals surface area contributed by atoms with Crippen LogP contribution in [0.25, 0.3) is 0 Å². The molecule has 1 aliphatic heterocycles. The Kier molecular flexibility index (Phi) is 6.63. The average molecular weight is 367 g/mol. The first-order valence-corrected chi connectivity index (χ1v) is 10.6. The molecule has 1 aliphatic rings. The number of amides is 1. The van der Waals surface area contributed by atoms with Crippen LogP contribution in [-0.4, -0.2) is 55.5 Å². The maximum Gasteiger partial charge on any atom is 0.227 e. The van der Waals surface area contributed by atoms with Gasteiger partial charge in [0.15, 0.2) is 0 Å². The molecule has 0 unspecified atom stereocenters. The van der Waals surface area contributed by atoms with Crippen LogP contribution in [0.15, 0.2) is 30.3 Å². The van der Waals surface area contributed by atoms with E-state index in [2.05, 4.69) is 0 Å². The number of benzene rings is 1. The monoisotopic (exact) mass is 366 g/mol. The summed E-state index contributed by atoms with van der Waals surface area (Å²) in [6.07, 6.45) is 2.08. The van der Waals surface area contributed by atoms with Gasteiger partial charge in [-0.05, 0) is 24.8 Å². The van der Waals surface area contributed by atoms with Crippen molar-refractivity contribution >= 4 is 15.9 Å². The van der Waals surface area contributed by atoms with E-state index < -0.39 is 15.4 Å². The lowest BCUT2D eigenvalue weighted by Gasteiger charge is -2.28. The van der Waals surface area contributed by atoms with E-state index in [0.717, 1.165) is 12.0 Å². The Morgan fingerprint density at radius 1 is 1.04 bits per heavy atom. The molecule has 0 aliphatic carbocycles. The van der Waals surface area contributed by atoms with Gasteiger partial charge in [0.2, 0.25) is 15.9 Å². The van der Waals surface area contributed by atoms with Crippen molar-refractivity contribution in [1.82, 2.24) is 9.21 Å². The SMILES string of the molecule is CC(C)(C)C(=O)N1CCCN(S(=O)(=O)CCCc2ccccc2)CC1. The van der Waals surface area contributed by atoms with E-state index in [4.69, 9.17) is 0 Å². The summed E-state index contributed by atoms with van der Waals surface area (Å²) in [6, 6.07) is 9.95. The predicted octanol–water partition coefficient (Wildman–Crippen LogP) is 2.53. The highest BCUT2D eigenvalue weighted by Crippen LogP contribution is 2.19. The number of aryl methyl sites for hydroxylation is 1. The van der Waals surface area contributed by atoms with Gasteiger partial charge >= 0.3 is 0 Å². The van der Waals surface area contributed by atoms with E-state index in [0.29, 0.717) is 39.0 Å². The first kappa shape index (κ1) is 19.9. The van der Waals surface area contributed by atoms with E-state index >= 15 is 0 Å². The third-order valence-corrected chi connectivity index (χ3v) is 6.44. The third-order valence-electron chi connectivity index (χ3n) is 4.49. The smallest absolute Gasteiger partial charge is 0.227 e. The molecule has 0 spiro atoms. The molecule has 1 aromatic carbocycles. The van der Waals surface area contributed by atoms with Gasteiger partial charge < -0.3 is 4.90 Å². The fourth-order valence-electron chi connectivity index (χ4n) is 3.08. The van der Waals surface area contributed by atoms with Crippen molar-refractivity contribution in [2.24, 2.45) is 5.41 Å². The van der Waals surface area contributed by atoms with Gasteiger partial charge in [-0.25, -0.2) is 12.7 Å². The minimum atomic E-state index is -3.27. The quantitative estimate of drug-likeness (QED) is 0.805. The van der Waals surface area contributed by atoms with E-state index in [1.54, 1.807) is 9.21 Å². The molecule has 1 amide bonds. The van der Waals surface area contributed by atoms with E-state index in [1.165, 1.54) is 0 Å². The lowest BCUT2D eigenvalue weighted by atomic mass is 9.94. The van der Waals surface area contributed by atoms with Crippen molar-refractivity contribution in [2.45, 2.75) is 40.0 Å². The van der Waals surface area contributed by atoms with Gasteiger partial charge in [0, 0.05) is 31.6 Å². The minimum absolute atomic E-state index is 0.0934. The zero-order chi connectivity index (χ0) is 18.5. The van der Waals surface area contributed by atoms with Crippen LogP contribution in [0.2, 0.25) is 0 Å². The molecule has 0 atom stereocenters. The molecule has 5 nitrogen and oxygen atoms in total. The summed E-state index contributed by atoms with van der Waals surface area (Å²) in [5, 5.41) is 0. The Balaban J connectivity index is 1.88. The van der Waals surface area contributed by atoms with Crippen molar-refractivity contribution in [1.29, 1.82) is 0 Å². The van der Waals surface area contributed by atoms with Crippen LogP contribution in [0.5, 0.6) is 0 Å². The summed E-state index contributed by atoms with van der Waals surface area (Å²) < 4.78 is 26.8. The highest BCUT2D eigenvalue weighted by molar-refractivity contribution is 7.89. The molecule has 140 valence electrons. The predicted molar refractivity (Wildman–Crippen MR) is 101 cm³/mol. The molecule has 0 bridgehead atoms. The second-order valence-electron chi connectivity index (χ2n) is 7.70. The van der Waals surface area contributed by atoms with Gasteiger partial charge in [0.05, 0.1) is 5.75 Å². The summed E-state index contributed by atoms with van der Waals surface area (Å²) in [7, 11) is -3.27. The Labute approximate surface area is 152 Å². The molecule has 1 heterocycles. The first-order chi connectivity index (χ1) is 11.7. The first-order valence-electron chi connectivity index (χ1n) is 9.01. The lowest BCUT2D eigenvalue weighted by Crippen LogP contribution is -2.42. The van der Waals surface area contributed by atoms with Crippen molar-refractivity contribution < 1.29 is 13.2 Å². The highest BCUT2D eigenvalue weighted by atomic mass is 32.2.